The van der Waals surface area contributed by atoms with Crippen LogP contribution in [0.5, 0.6) is 0 Å². The lowest BCUT2D eigenvalue weighted by Gasteiger charge is -2.33. The second kappa shape index (κ2) is 9.14. The standard InChI is InChI=1S/C23H29N9O/c1-24-8-3-11-31-12-6-16(7-13-31)32-20(15-27-23(33)19-5-10-28-30(19)2)29-18-14-26-22-17(21(18)32)4-9-25-22/h4-5,9-10,14,16H,1,3,6-8,11-13,15H2,2H3,(H,25,26)(H,27,33). The van der Waals surface area contributed by atoms with Crippen LogP contribution in [0.25, 0.3) is 22.1 Å². The lowest BCUT2D eigenvalue weighted by atomic mass is 10.0. The summed E-state index contributed by atoms with van der Waals surface area (Å²) in [7, 11) is 1.76. The maximum absolute atomic E-state index is 12.7. The average Bonchev–Trinajstić information content (AvgIpc) is 3.55. The van der Waals surface area contributed by atoms with Crippen molar-refractivity contribution in [2.45, 2.75) is 31.8 Å². The molecule has 5 rings (SSSR count). The van der Waals surface area contributed by atoms with Crippen molar-refractivity contribution < 1.29 is 4.79 Å². The van der Waals surface area contributed by atoms with Gasteiger partial charge in [-0.3, -0.25) is 9.48 Å². The largest absolute Gasteiger partial charge is 0.346 e. The van der Waals surface area contributed by atoms with E-state index in [0.717, 1.165) is 73.3 Å². The van der Waals surface area contributed by atoms with Crippen LogP contribution < -0.4 is 5.32 Å². The van der Waals surface area contributed by atoms with Crippen molar-refractivity contribution in [1.29, 1.82) is 0 Å². The highest BCUT2D eigenvalue weighted by molar-refractivity contribution is 6.01. The molecule has 4 aromatic heterocycles. The monoisotopic (exact) mass is 447 g/mol. The molecule has 1 aliphatic heterocycles. The highest BCUT2D eigenvalue weighted by Gasteiger charge is 2.26. The van der Waals surface area contributed by atoms with E-state index >= 15 is 0 Å². The van der Waals surface area contributed by atoms with Crippen molar-refractivity contribution in [2.75, 3.05) is 26.2 Å². The van der Waals surface area contributed by atoms with Gasteiger partial charge < -0.3 is 24.8 Å². The fourth-order valence-electron chi connectivity index (χ4n) is 4.81. The number of aryl methyl sites for hydroxylation is 1. The zero-order valence-electron chi connectivity index (χ0n) is 18.9. The quantitative estimate of drug-likeness (QED) is 0.318. The number of amides is 1. The molecular formula is C23H29N9O. The maximum Gasteiger partial charge on any atom is 0.269 e. The summed E-state index contributed by atoms with van der Waals surface area (Å²) in [5.41, 5.74) is 3.31. The number of hydrogen-bond acceptors (Lipinski definition) is 6. The molecule has 0 aliphatic carbocycles. The number of fused-ring (bicyclic) bond motifs is 3. The second-order valence-electron chi connectivity index (χ2n) is 8.53. The van der Waals surface area contributed by atoms with Gasteiger partial charge in [-0.05, 0) is 44.7 Å². The second-order valence-corrected chi connectivity index (χ2v) is 8.53. The Kier molecular flexibility index (Phi) is 5.91. The summed E-state index contributed by atoms with van der Waals surface area (Å²) < 4.78 is 3.91. The van der Waals surface area contributed by atoms with Gasteiger partial charge in [0.2, 0.25) is 0 Å². The van der Waals surface area contributed by atoms with E-state index in [1.165, 1.54) is 0 Å². The van der Waals surface area contributed by atoms with Crippen LogP contribution in [-0.2, 0) is 13.6 Å². The van der Waals surface area contributed by atoms with Crippen molar-refractivity contribution in [2.24, 2.45) is 12.0 Å². The van der Waals surface area contributed by atoms with E-state index in [1.54, 1.807) is 24.0 Å². The van der Waals surface area contributed by atoms with Crippen LogP contribution in [0.15, 0.2) is 35.7 Å². The molecule has 10 heteroatoms. The van der Waals surface area contributed by atoms with E-state index < -0.39 is 0 Å². The van der Waals surface area contributed by atoms with Crippen LogP contribution in [0, 0.1) is 0 Å². The molecule has 4 aromatic rings. The predicted octanol–water partition coefficient (Wildman–Crippen LogP) is 2.30. The van der Waals surface area contributed by atoms with Crippen molar-refractivity contribution in [1.82, 2.24) is 39.5 Å². The third kappa shape index (κ3) is 4.13. The number of aromatic amines is 1. The van der Waals surface area contributed by atoms with Gasteiger partial charge in [-0.2, -0.15) is 5.10 Å². The SMILES string of the molecule is C=NCCCN1CCC(n2c(CNC(=O)c3ccnn3C)nc3cnc4[nH]ccc4c32)CC1. The Hall–Kier alpha value is -3.53. The number of aliphatic imine (C=N–C) groups is 1. The minimum atomic E-state index is -0.163. The van der Waals surface area contributed by atoms with Gasteiger partial charge in [0.05, 0.1) is 18.3 Å². The van der Waals surface area contributed by atoms with Crippen molar-refractivity contribution >= 4 is 34.7 Å². The van der Waals surface area contributed by atoms with Gasteiger partial charge >= 0.3 is 0 Å². The molecule has 0 atom stereocenters. The summed E-state index contributed by atoms with van der Waals surface area (Å²) in [4.78, 5) is 31.8. The number of carbonyl (C=O) groups is 1. The fraction of sp³-hybridized carbons (Fsp3) is 0.435. The number of rotatable bonds is 8. The zero-order chi connectivity index (χ0) is 22.8. The van der Waals surface area contributed by atoms with Crippen LogP contribution in [0.1, 0.15) is 41.6 Å². The fourth-order valence-corrected chi connectivity index (χ4v) is 4.81. The summed E-state index contributed by atoms with van der Waals surface area (Å²) in [6.07, 6.45) is 8.46. The van der Waals surface area contributed by atoms with Gasteiger partial charge in [0.25, 0.3) is 5.91 Å². The molecule has 1 amide bonds. The first-order valence-corrected chi connectivity index (χ1v) is 11.4. The van der Waals surface area contributed by atoms with Gasteiger partial charge in [-0.15, -0.1) is 0 Å². The van der Waals surface area contributed by atoms with Gasteiger partial charge in [-0.1, -0.05) is 0 Å². The molecule has 10 nitrogen and oxygen atoms in total. The van der Waals surface area contributed by atoms with E-state index in [1.807, 2.05) is 12.4 Å². The summed E-state index contributed by atoms with van der Waals surface area (Å²) in [5, 5.41) is 8.18. The maximum atomic E-state index is 12.7. The number of likely N-dealkylation sites (tertiary alicyclic amines) is 1. The first-order valence-electron chi connectivity index (χ1n) is 11.4. The lowest BCUT2D eigenvalue weighted by Crippen LogP contribution is -2.36. The Morgan fingerprint density at radius 1 is 1.33 bits per heavy atom. The number of nitrogens with zero attached hydrogens (tertiary/aromatic N) is 7. The molecule has 0 saturated carbocycles. The molecular weight excluding hydrogens is 418 g/mol. The Morgan fingerprint density at radius 2 is 2.18 bits per heavy atom. The predicted molar refractivity (Wildman–Crippen MR) is 128 cm³/mol. The minimum Gasteiger partial charge on any atom is -0.346 e. The molecule has 1 aliphatic rings. The highest BCUT2D eigenvalue weighted by Crippen LogP contribution is 2.32. The van der Waals surface area contributed by atoms with Crippen molar-refractivity contribution in [3.05, 3.63) is 42.2 Å². The summed E-state index contributed by atoms with van der Waals surface area (Å²) in [6, 6.07) is 4.08. The van der Waals surface area contributed by atoms with Gasteiger partial charge in [0.1, 0.15) is 22.7 Å². The average molecular weight is 448 g/mol. The van der Waals surface area contributed by atoms with E-state index in [4.69, 9.17) is 4.98 Å². The number of pyridine rings is 1. The molecule has 0 unspecified atom stereocenters. The minimum absolute atomic E-state index is 0.163. The van der Waals surface area contributed by atoms with Crippen molar-refractivity contribution in [3.8, 4) is 0 Å². The number of nitrogens with one attached hydrogen (secondary N) is 2. The first-order chi connectivity index (χ1) is 16.2. The van der Waals surface area contributed by atoms with Crippen LogP contribution in [0.4, 0.5) is 0 Å². The Bertz CT molecular complexity index is 1280. The molecule has 33 heavy (non-hydrogen) atoms. The van der Waals surface area contributed by atoms with Gasteiger partial charge in [0, 0.05) is 50.5 Å². The van der Waals surface area contributed by atoms with Gasteiger partial charge in [0.15, 0.2) is 0 Å². The third-order valence-electron chi connectivity index (χ3n) is 6.48. The number of imidazole rings is 1. The Balaban J connectivity index is 1.43. The highest BCUT2D eigenvalue weighted by atomic mass is 16.2. The topological polar surface area (TPSA) is 109 Å². The molecule has 0 radical (unpaired) electrons. The summed E-state index contributed by atoms with van der Waals surface area (Å²) in [6.45, 7) is 7.85. The van der Waals surface area contributed by atoms with Crippen LogP contribution in [0.3, 0.4) is 0 Å². The van der Waals surface area contributed by atoms with Crippen molar-refractivity contribution in [3.63, 3.8) is 0 Å². The number of piperidine rings is 1. The summed E-state index contributed by atoms with van der Waals surface area (Å²) in [5.74, 6) is 0.689. The number of hydrogen-bond donors (Lipinski definition) is 2. The third-order valence-corrected chi connectivity index (χ3v) is 6.48. The van der Waals surface area contributed by atoms with Crippen LogP contribution in [-0.4, -0.2) is 73.0 Å². The Morgan fingerprint density at radius 3 is 2.94 bits per heavy atom. The number of carbonyl (C=O) groups excluding carboxylic acids is 1. The number of H-pyrrole nitrogens is 1. The van der Waals surface area contributed by atoms with E-state index in [0.29, 0.717) is 18.3 Å². The van der Waals surface area contributed by atoms with E-state index in [-0.39, 0.29) is 5.91 Å². The molecule has 0 bridgehead atoms. The molecule has 5 heterocycles. The first kappa shape index (κ1) is 21.3. The Labute approximate surface area is 191 Å². The molecule has 172 valence electrons. The zero-order valence-corrected chi connectivity index (χ0v) is 18.9. The van der Waals surface area contributed by atoms with E-state index in [9.17, 15) is 4.79 Å². The molecule has 0 aromatic carbocycles. The normalized spacial score (nSPS) is 15.4. The number of aromatic nitrogens is 6. The molecule has 1 saturated heterocycles. The smallest absolute Gasteiger partial charge is 0.269 e. The lowest BCUT2D eigenvalue weighted by molar-refractivity contribution is 0.0939. The van der Waals surface area contributed by atoms with E-state index in [2.05, 4.69) is 47.6 Å². The van der Waals surface area contributed by atoms with Crippen LogP contribution in [0.2, 0.25) is 0 Å². The summed E-state index contributed by atoms with van der Waals surface area (Å²) >= 11 is 0. The van der Waals surface area contributed by atoms with Gasteiger partial charge in [-0.25, -0.2) is 9.97 Å². The molecule has 0 spiro atoms. The molecule has 1 fully saturated rings. The molecule has 2 N–H and O–H groups in total. The van der Waals surface area contributed by atoms with Crippen LogP contribution >= 0.6 is 0 Å².